The second kappa shape index (κ2) is 7.10. The molecule has 0 saturated carbocycles. The lowest BCUT2D eigenvalue weighted by Gasteiger charge is -2.16. The molecule has 120 valence electrons. The molecule has 1 fully saturated rings. The van der Waals surface area contributed by atoms with Crippen LogP contribution in [0.3, 0.4) is 0 Å². The highest BCUT2D eigenvalue weighted by atomic mass is 32.2. The second-order valence-corrected chi connectivity index (χ2v) is 6.12. The third kappa shape index (κ3) is 3.38. The fourth-order valence-corrected chi connectivity index (χ4v) is 3.09. The van der Waals surface area contributed by atoms with Gasteiger partial charge in [-0.25, -0.2) is 9.97 Å². The van der Waals surface area contributed by atoms with Gasteiger partial charge in [0.1, 0.15) is 0 Å². The first-order valence-electron chi connectivity index (χ1n) is 7.52. The van der Waals surface area contributed by atoms with Crippen LogP contribution in [-0.2, 0) is 16.1 Å². The molecule has 2 heterocycles. The molecule has 1 aromatic carbocycles. The first-order valence-corrected chi connectivity index (χ1v) is 8.75. The molecule has 0 unspecified atom stereocenters. The molecule has 5 nitrogen and oxygen atoms in total. The molecule has 1 aliphatic rings. The minimum atomic E-state index is 0.200. The molecular weight excluding hydrogens is 310 g/mol. The van der Waals surface area contributed by atoms with E-state index in [1.165, 1.54) is 11.8 Å². The van der Waals surface area contributed by atoms with E-state index in [2.05, 4.69) is 9.97 Å². The van der Waals surface area contributed by atoms with Crippen LogP contribution in [0.15, 0.2) is 35.6 Å². The maximum absolute atomic E-state index is 11.8. The summed E-state index contributed by atoms with van der Waals surface area (Å²) in [5.74, 6) is 0.200. The zero-order valence-corrected chi connectivity index (χ0v) is 14.1. The van der Waals surface area contributed by atoms with E-state index in [4.69, 9.17) is 4.74 Å². The van der Waals surface area contributed by atoms with Gasteiger partial charge in [0.15, 0.2) is 5.16 Å². The number of carbonyl (C=O) groups is 1. The van der Waals surface area contributed by atoms with Gasteiger partial charge in [0.05, 0.1) is 12.3 Å². The van der Waals surface area contributed by atoms with Crippen molar-refractivity contribution < 1.29 is 9.53 Å². The van der Waals surface area contributed by atoms with Crippen molar-refractivity contribution in [2.24, 2.45) is 0 Å². The Kier molecular flexibility index (Phi) is 4.93. The molecule has 1 amide bonds. The average Bonchev–Trinajstić information content (AvgIpc) is 3.01. The Morgan fingerprint density at radius 2 is 2.09 bits per heavy atom. The summed E-state index contributed by atoms with van der Waals surface area (Å²) < 4.78 is 5.26. The van der Waals surface area contributed by atoms with E-state index in [0.717, 1.165) is 40.6 Å². The van der Waals surface area contributed by atoms with Crippen molar-refractivity contribution in [3.63, 3.8) is 0 Å². The number of thioether (sulfide) groups is 1. The molecule has 2 aromatic rings. The summed E-state index contributed by atoms with van der Waals surface area (Å²) in [4.78, 5) is 22.6. The van der Waals surface area contributed by atoms with Gasteiger partial charge in [-0.2, -0.15) is 0 Å². The number of nitrogens with zero attached hydrogens (tertiary/aromatic N) is 3. The van der Waals surface area contributed by atoms with Gasteiger partial charge in [-0.3, -0.25) is 4.79 Å². The van der Waals surface area contributed by atoms with Crippen LogP contribution >= 0.6 is 11.8 Å². The summed E-state index contributed by atoms with van der Waals surface area (Å²) in [5, 5.41) is 0.736. The highest BCUT2D eigenvalue weighted by molar-refractivity contribution is 7.98. The number of carbonyl (C=O) groups excluding carboxylic acids is 1. The lowest BCUT2D eigenvalue weighted by Crippen LogP contribution is -2.23. The molecule has 1 aliphatic heterocycles. The van der Waals surface area contributed by atoms with Crippen molar-refractivity contribution in [3.8, 4) is 11.1 Å². The lowest BCUT2D eigenvalue weighted by atomic mass is 10.1. The van der Waals surface area contributed by atoms with Gasteiger partial charge in [0, 0.05) is 37.5 Å². The Labute approximate surface area is 140 Å². The molecular formula is C17H19N3O2S. The number of anilines is 1. The van der Waals surface area contributed by atoms with Crippen LogP contribution in [0.2, 0.25) is 0 Å². The van der Waals surface area contributed by atoms with Gasteiger partial charge >= 0.3 is 0 Å². The van der Waals surface area contributed by atoms with Crippen molar-refractivity contribution in [2.75, 3.05) is 24.8 Å². The number of benzene rings is 1. The second-order valence-electron chi connectivity index (χ2n) is 5.35. The summed E-state index contributed by atoms with van der Waals surface area (Å²) >= 11 is 1.51. The predicted octanol–water partition coefficient (Wildman–Crippen LogP) is 3.14. The van der Waals surface area contributed by atoms with Crippen LogP contribution in [0.5, 0.6) is 0 Å². The van der Waals surface area contributed by atoms with E-state index >= 15 is 0 Å². The predicted molar refractivity (Wildman–Crippen MR) is 91.5 cm³/mol. The highest BCUT2D eigenvalue weighted by Gasteiger charge is 2.21. The summed E-state index contributed by atoms with van der Waals surface area (Å²) in [6.07, 6.45) is 5.36. The molecule has 0 N–H and O–H groups in total. The largest absolute Gasteiger partial charge is 0.378 e. The van der Waals surface area contributed by atoms with Crippen LogP contribution in [0.25, 0.3) is 11.1 Å². The number of rotatable bonds is 5. The zero-order valence-electron chi connectivity index (χ0n) is 13.3. The maximum Gasteiger partial charge on any atom is 0.227 e. The smallest absolute Gasteiger partial charge is 0.227 e. The number of methoxy groups -OCH3 is 1. The molecule has 0 atom stereocenters. The van der Waals surface area contributed by atoms with Gasteiger partial charge < -0.3 is 9.64 Å². The van der Waals surface area contributed by atoms with Crippen molar-refractivity contribution in [2.45, 2.75) is 24.6 Å². The van der Waals surface area contributed by atoms with Crippen LogP contribution in [0, 0.1) is 0 Å². The first-order chi connectivity index (χ1) is 11.2. The van der Waals surface area contributed by atoms with Crippen LogP contribution in [-0.4, -0.2) is 35.8 Å². The molecule has 23 heavy (non-hydrogen) atoms. The summed E-state index contributed by atoms with van der Waals surface area (Å²) in [6, 6.07) is 7.99. The molecule has 1 saturated heterocycles. The van der Waals surface area contributed by atoms with E-state index in [0.29, 0.717) is 13.0 Å². The fourth-order valence-electron chi connectivity index (χ4n) is 2.73. The molecule has 3 rings (SSSR count). The summed E-state index contributed by atoms with van der Waals surface area (Å²) in [7, 11) is 1.66. The molecule has 0 aliphatic carbocycles. The minimum absolute atomic E-state index is 0.200. The number of hydrogen-bond acceptors (Lipinski definition) is 5. The van der Waals surface area contributed by atoms with Gasteiger partial charge in [-0.15, -0.1) is 0 Å². The number of aromatic nitrogens is 2. The standard InChI is InChI=1S/C17H19N3O2S/c1-22-11-15-14(10-18-17(19-15)23-2)12-5-7-13(8-6-12)20-9-3-4-16(20)21/h5-8,10H,3-4,9,11H2,1-2H3. The lowest BCUT2D eigenvalue weighted by molar-refractivity contribution is -0.117. The fraction of sp³-hybridized carbons (Fsp3) is 0.353. The minimum Gasteiger partial charge on any atom is -0.378 e. The normalized spacial score (nSPS) is 14.5. The summed E-state index contributed by atoms with van der Waals surface area (Å²) in [5.41, 5.74) is 3.81. The zero-order chi connectivity index (χ0) is 16.2. The average molecular weight is 329 g/mol. The van der Waals surface area contributed by atoms with Crippen molar-refractivity contribution in [3.05, 3.63) is 36.2 Å². The van der Waals surface area contributed by atoms with E-state index in [9.17, 15) is 4.79 Å². The molecule has 0 radical (unpaired) electrons. The van der Waals surface area contributed by atoms with Crippen molar-refractivity contribution in [1.82, 2.24) is 9.97 Å². The monoisotopic (exact) mass is 329 g/mol. The molecule has 0 spiro atoms. The Hall–Kier alpha value is -1.92. The van der Waals surface area contributed by atoms with E-state index in [-0.39, 0.29) is 5.91 Å². The third-order valence-electron chi connectivity index (χ3n) is 3.87. The van der Waals surface area contributed by atoms with Gasteiger partial charge in [-0.1, -0.05) is 23.9 Å². The Bertz CT molecular complexity index is 703. The third-order valence-corrected chi connectivity index (χ3v) is 4.43. The molecule has 0 bridgehead atoms. The number of hydrogen-bond donors (Lipinski definition) is 0. The van der Waals surface area contributed by atoms with E-state index in [1.54, 1.807) is 7.11 Å². The van der Waals surface area contributed by atoms with Gasteiger partial charge in [0.2, 0.25) is 5.91 Å². The first kappa shape index (κ1) is 16.0. The van der Waals surface area contributed by atoms with E-state index < -0.39 is 0 Å². The highest BCUT2D eigenvalue weighted by Crippen LogP contribution is 2.28. The molecule has 1 aromatic heterocycles. The van der Waals surface area contributed by atoms with Gasteiger partial charge in [0.25, 0.3) is 0 Å². The van der Waals surface area contributed by atoms with E-state index in [1.807, 2.05) is 41.6 Å². The topological polar surface area (TPSA) is 55.3 Å². The van der Waals surface area contributed by atoms with Gasteiger partial charge in [-0.05, 0) is 30.4 Å². The maximum atomic E-state index is 11.8. The van der Waals surface area contributed by atoms with Crippen molar-refractivity contribution in [1.29, 1.82) is 0 Å². The molecule has 6 heteroatoms. The van der Waals surface area contributed by atoms with Crippen LogP contribution in [0.4, 0.5) is 5.69 Å². The Balaban J connectivity index is 1.91. The Morgan fingerprint density at radius 1 is 1.30 bits per heavy atom. The van der Waals surface area contributed by atoms with Crippen LogP contribution in [0.1, 0.15) is 18.5 Å². The quantitative estimate of drug-likeness (QED) is 0.623. The number of amides is 1. The number of ether oxygens (including phenoxy) is 1. The Morgan fingerprint density at radius 3 is 2.70 bits per heavy atom. The SMILES string of the molecule is COCc1nc(SC)ncc1-c1ccc(N2CCCC2=O)cc1. The summed E-state index contributed by atoms with van der Waals surface area (Å²) in [6.45, 7) is 1.25. The van der Waals surface area contributed by atoms with Crippen LogP contribution < -0.4 is 4.90 Å². The van der Waals surface area contributed by atoms with Crippen molar-refractivity contribution >= 4 is 23.4 Å².